The van der Waals surface area contributed by atoms with Crippen molar-refractivity contribution in [2.24, 2.45) is 17.8 Å². The summed E-state index contributed by atoms with van der Waals surface area (Å²) in [5, 5.41) is 6.24. The van der Waals surface area contributed by atoms with E-state index in [2.05, 4.69) is 208 Å². The highest BCUT2D eigenvalue weighted by Crippen LogP contribution is 2.70. The summed E-state index contributed by atoms with van der Waals surface area (Å²) in [5.74, 6) is 2.82. The maximum atomic E-state index is 2.47. The molecule has 282 valence electrons. The van der Waals surface area contributed by atoms with E-state index in [1.54, 1.807) is 5.56 Å². The third kappa shape index (κ3) is 4.88. The van der Waals surface area contributed by atoms with Crippen molar-refractivity contribution < 1.29 is 0 Å². The van der Waals surface area contributed by atoms with Crippen molar-refractivity contribution in [3.05, 3.63) is 200 Å². The van der Waals surface area contributed by atoms with Crippen LogP contribution < -0.4 is 4.90 Å². The number of rotatable bonds is 7. The van der Waals surface area contributed by atoms with E-state index >= 15 is 0 Å². The van der Waals surface area contributed by atoms with E-state index in [1.165, 1.54) is 86.1 Å². The molecule has 0 spiro atoms. The van der Waals surface area contributed by atoms with E-state index < -0.39 is 0 Å². The Morgan fingerprint density at radius 1 is 0.441 bits per heavy atom. The third-order valence-corrected chi connectivity index (χ3v) is 14.6. The second-order valence-corrected chi connectivity index (χ2v) is 17.5. The predicted octanol–water partition coefficient (Wildman–Crippen LogP) is 14.7. The number of nitrogens with zero attached hydrogens (tertiary/aromatic N) is 3. The number of hydrogen-bond donors (Lipinski definition) is 0. The lowest BCUT2D eigenvalue weighted by atomic mass is 9.75. The van der Waals surface area contributed by atoms with Gasteiger partial charge in [-0.15, -0.1) is 0 Å². The molecule has 3 heteroatoms. The van der Waals surface area contributed by atoms with Crippen LogP contribution >= 0.6 is 0 Å². The lowest BCUT2D eigenvalue weighted by molar-refractivity contribution is 0.371. The van der Waals surface area contributed by atoms with Crippen LogP contribution in [0.4, 0.5) is 17.1 Å². The zero-order valence-electron chi connectivity index (χ0n) is 32.9. The first kappa shape index (κ1) is 33.2. The standard InChI is InChI=1S/C56H43N3/c1-3-11-37(12-4-1)38-19-25-46(26-20-38)57(47-29-23-43(24-30-47)56-35-41-31-44(56)32-42(41)36-56)48-27-21-40-34-49(28-22-39(40)33-48)59-53-18-10-8-16-51(53)54-50-15-7-9-17-52(50)58(55(54)59)45-13-5-2-6-14-45/h1-30,33-34,41-42,44H,31-32,35-36H2. The summed E-state index contributed by atoms with van der Waals surface area (Å²) in [6.07, 6.45) is 5.70. The molecule has 0 radical (unpaired) electrons. The van der Waals surface area contributed by atoms with E-state index in [-0.39, 0.29) is 0 Å². The molecule has 4 bridgehead atoms. The Bertz CT molecular complexity index is 3210. The number of para-hydroxylation sites is 3. The Hall–Kier alpha value is -6.84. The highest BCUT2D eigenvalue weighted by molar-refractivity contribution is 6.22. The fraction of sp³-hybridized carbons (Fsp3) is 0.143. The summed E-state index contributed by atoms with van der Waals surface area (Å²) in [4.78, 5) is 2.44. The van der Waals surface area contributed by atoms with Crippen LogP contribution in [0.25, 0.3) is 66.1 Å². The van der Waals surface area contributed by atoms with E-state index in [4.69, 9.17) is 0 Å². The summed E-state index contributed by atoms with van der Waals surface area (Å²) in [6, 6.07) is 71.9. The molecule has 2 unspecified atom stereocenters. The highest BCUT2D eigenvalue weighted by Gasteiger charge is 2.63. The molecule has 8 aromatic carbocycles. The Balaban J connectivity index is 0.944. The van der Waals surface area contributed by atoms with Crippen molar-refractivity contribution >= 4 is 60.7 Å². The van der Waals surface area contributed by atoms with Crippen LogP contribution in [0.1, 0.15) is 31.2 Å². The Labute approximate surface area is 344 Å². The number of hydrogen-bond acceptors (Lipinski definition) is 1. The van der Waals surface area contributed by atoms with Crippen molar-refractivity contribution in [1.29, 1.82) is 0 Å². The van der Waals surface area contributed by atoms with Gasteiger partial charge in [0.15, 0.2) is 0 Å². The SMILES string of the molecule is c1ccc(-c2ccc(N(c3ccc(C45CC6CC4CC6C5)cc3)c3ccc4cc(-n5c6ccccc6c6c7ccccc7n(-c7ccccc7)c65)ccc4c3)cc2)cc1. The second-order valence-electron chi connectivity index (χ2n) is 17.5. The van der Waals surface area contributed by atoms with Gasteiger partial charge in [0, 0.05) is 44.6 Å². The highest BCUT2D eigenvalue weighted by atomic mass is 15.1. The van der Waals surface area contributed by atoms with Crippen LogP contribution in [-0.4, -0.2) is 9.13 Å². The van der Waals surface area contributed by atoms with Gasteiger partial charge in [0.25, 0.3) is 0 Å². The molecule has 4 aliphatic rings. The van der Waals surface area contributed by atoms with Crippen molar-refractivity contribution in [2.75, 3.05) is 4.90 Å². The molecule has 2 heterocycles. The van der Waals surface area contributed by atoms with Gasteiger partial charge >= 0.3 is 0 Å². The van der Waals surface area contributed by atoms with Crippen LogP contribution in [0.5, 0.6) is 0 Å². The summed E-state index contributed by atoms with van der Waals surface area (Å²) >= 11 is 0. The van der Waals surface area contributed by atoms with Gasteiger partial charge in [-0.05, 0) is 149 Å². The Kier molecular flexibility index (Phi) is 7.07. The van der Waals surface area contributed by atoms with Crippen molar-refractivity contribution in [3.63, 3.8) is 0 Å². The van der Waals surface area contributed by atoms with E-state index in [9.17, 15) is 0 Å². The van der Waals surface area contributed by atoms with Crippen LogP contribution in [0.15, 0.2) is 194 Å². The van der Waals surface area contributed by atoms with Crippen molar-refractivity contribution in [1.82, 2.24) is 9.13 Å². The largest absolute Gasteiger partial charge is 0.310 e. The zero-order valence-corrected chi connectivity index (χ0v) is 32.9. The fourth-order valence-corrected chi connectivity index (χ4v) is 12.1. The van der Waals surface area contributed by atoms with Gasteiger partial charge in [0.2, 0.25) is 0 Å². The molecule has 3 nitrogen and oxygen atoms in total. The topological polar surface area (TPSA) is 13.1 Å². The van der Waals surface area contributed by atoms with Gasteiger partial charge in [-0.25, -0.2) is 0 Å². The molecule has 14 rings (SSSR count). The van der Waals surface area contributed by atoms with Crippen LogP contribution in [0, 0.1) is 17.8 Å². The number of aromatic nitrogens is 2. The Morgan fingerprint density at radius 3 is 1.61 bits per heavy atom. The van der Waals surface area contributed by atoms with Crippen molar-refractivity contribution in [3.8, 4) is 22.5 Å². The zero-order chi connectivity index (χ0) is 38.7. The van der Waals surface area contributed by atoms with Gasteiger partial charge in [-0.3, -0.25) is 9.13 Å². The summed E-state index contributed by atoms with van der Waals surface area (Å²) in [5.41, 5.74) is 13.9. The molecule has 0 N–H and O–H groups in total. The minimum absolute atomic E-state index is 0.419. The minimum atomic E-state index is 0.419. The summed E-state index contributed by atoms with van der Waals surface area (Å²) < 4.78 is 4.90. The molecular weight excluding hydrogens is 715 g/mol. The van der Waals surface area contributed by atoms with Gasteiger partial charge in [0.05, 0.1) is 11.0 Å². The molecule has 2 atom stereocenters. The van der Waals surface area contributed by atoms with E-state index in [0.717, 1.165) is 40.5 Å². The van der Waals surface area contributed by atoms with Crippen LogP contribution in [0.3, 0.4) is 0 Å². The normalized spacial score (nSPS) is 20.5. The lowest BCUT2D eigenvalue weighted by Crippen LogP contribution is -2.24. The summed E-state index contributed by atoms with van der Waals surface area (Å²) in [6.45, 7) is 0. The van der Waals surface area contributed by atoms with Gasteiger partial charge in [-0.2, -0.15) is 0 Å². The Morgan fingerprint density at radius 2 is 0.966 bits per heavy atom. The average Bonchev–Trinajstić information content (AvgIpc) is 4.15. The fourth-order valence-electron chi connectivity index (χ4n) is 12.1. The lowest BCUT2D eigenvalue weighted by Gasteiger charge is -2.31. The molecule has 4 fully saturated rings. The maximum Gasteiger partial charge on any atom is 0.131 e. The third-order valence-electron chi connectivity index (χ3n) is 14.6. The monoisotopic (exact) mass is 757 g/mol. The first-order chi connectivity index (χ1) is 29.2. The molecule has 2 aromatic heterocycles. The first-order valence-corrected chi connectivity index (χ1v) is 21.4. The van der Waals surface area contributed by atoms with Crippen molar-refractivity contribution in [2.45, 2.75) is 31.1 Å². The molecular formula is C56H43N3. The maximum absolute atomic E-state index is 2.47. The molecule has 59 heavy (non-hydrogen) atoms. The van der Waals surface area contributed by atoms with Gasteiger partial charge in [-0.1, -0.05) is 121 Å². The average molecular weight is 758 g/mol. The molecule has 10 aromatic rings. The van der Waals surface area contributed by atoms with Gasteiger partial charge in [0.1, 0.15) is 5.65 Å². The van der Waals surface area contributed by atoms with Crippen LogP contribution in [-0.2, 0) is 5.41 Å². The van der Waals surface area contributed by atoms with E-state index in [1.807, 2.05) is 0 Å². The number of benzene rings is 8. The summed E-state index contributed by atoms with van der Waals surface area (Å²) in [7, 11) is 0. The van der Waals surface area contributed by atoms with Gasteiger partial charge < -0.3 is 4.90 Å². The first-order valence-electron chi connectivity index (χ1n) is 21.4. The molecule has 0 amide bonds. The molecule has 0 saturated heterocycles. The van der Waals surface area contributed by atoms with E-state index in [0.29, 0.717) is 5.41 Å². The molecule has 4 aliphatic carbocycles. The second kappa shape index (κ2) is 12.6. The smallest absolute Gasteiger partial charge is 0.131 e. The minimum Gasteiger partial charge on any atom is -0.310 e. The van der Waals surface area contributed by atoms with Crippen LogP contribution in [0.2, 0.25) is 0 Å². The molecule has 0 aliphatic heterocycles. The number of anilines is 3. The predicted molar refractivity (Wildman–Crippen MR) is 246 cm³/mol. The molecule has 4 saturated carbocycles. The number of fused-ring (bicyclic) bond motifs is 6. The quantitative estimate of drug-likeness (QED) is 0.158.